The number of oxime groups is 1. The molecular formula is C32H32N4O5. The number of aryl methyl sites for hydroxylation is 1. The summed E-state index contributed by atoms with van der Waals surface area (Å²) in [4.78, 5) is 51.1. The smallest absolute Gasteiger partial charge is 0.348 e. The largest absolute Gasteiger partial charge is 0.427 e. The highest BCUT2D eigenvalue weighted by molar-refractivity contribution is 6.08. The first-order valence-electron chi connectivity index (χ1n) is 13.8. The average Bonchev–Trinajstić information content (AvgIpc) is 3.42. The molecule has 1 fully saturated rings. The summed E-state index contributed by atoms with van der Waals surface area (Å²) in [6.07, 6.45) is 5.48. The highest BCUT2D eigenvalue weighted by atomic mass is 16.6. The van der Waals surface area contributed by atoms with Crippen LogP contribution in [0.15, 0.2) is 93.4 Å². The number of pyridine rings is 1. The number of hydrogen-bond donors (Lipinski definition) is 1. The Kier molecular flexibility index (Phi) is 8.83. The molecule has 0 aliphatic carbocycles. The lowest BCUT2D eigenvalue weighted by Crippen LogP contribution is -2.44. The van der Waals surface area contributed by atoms with Crippen LogP contribution >= 0.6 is 0 Å². The first-order valence-corrected chi connectivity index (χ1v) is 13.8. The second kappa shape index (κ2) is 13.0. The number of hydrogen-bond acceptors (Lipinski definition) is 7. The minimum absolute atomic E-state index is 0.0467. The number of benzene rings is 2. The highest BCUT2D eigenvalue weighted by Gasteiger charge is 2.39. The van der Waals surface area contributed by atoms with Gasteiger partial charge in [0, 0.05) is 30.1 Å². The summed E-state index contributed by atoms with van der Waals surface area (Å²) in [5.41, 5.74) is 2.01. The monoisotopic (exact) mass is 552 g/mol. The molecule has 210 valence electrons. The molecule has 1 saturated heterocycles. The van der Waals surface area contributed by atoms with Crippen molar-refractivity contribution in [3.05, 3.63) is 106 Å². The number of nitrogens with one attached hydrogen (secondary N) is 1. The SMILES string of the molecule is CCCCCc1ccc(C(=O)N2C/C(=N/OCc3ccccc3)C[C@H]2C(=O)Nc2ccc3ncccc3c2)c(=O)o1. The van der Waals surface area contributed by atoms with Gasteiger partial charge in [0.25, 0.3) is 5.91 Å². The van der Waals surface area contributed by atoms with Crippen LogP contribution in [0.5, 0.6) is 0 Å². The van der Waals surface area contributed by atoms with Crippen molar-refractivity contribution in [3.63, 3.8) is 0 Å². The van der Waals surface area contributed by atoms with Crippen molar-refractivity contribution in [2.45, 2.75) is 51.7 Å². The first-order chi connectivity index (χ1) is 20.0. The van der Waals surface area contributed by atoms with Gasteiger partial charge in [-0.3, -0.25) is 14.6 Å². The lowest BCUT2D eigenvalue weighted by Gasteiger charge is -2.23. The molecule has 1 atom stereocenters. The van der Waals surface area contributed by atoms with Gasteiger partial charge in [-0.25, -0.2) is 4.79 Å². The summed E-state index contributed by atoms with van der Waals surface area (Å²) < 4.78 is 5.44. The van der Waals surface area contributed by atoms with E-state index in [1.165, 1.54) is 11.0 Å². The van der Waals surface area contributed by atoms with Crippen LogP contribution in [0, 0.1) is 0 Å². The second-order valence-corrected chi connectivity index (χ2v) is 10.0. The van der Waals surface area contributed by atoms with Crippen LogP contribution in [-0.2, 0) is 22.7 Å². The topological polar surface area (TPSA) is 114 Å². The number of unbranched alkanes of at least 4 members (excludes halogenated alkanes) is 2. The standard InChI is InChI=1S/C32H32N4O5/c1-2-3-5-12-26-14-15-27(32(39)41-26)31(38)36-20-25(35-40-21-22-9-6-4-7-10-22)19-29(36)30(37)34-24-13-16-28-23(18-24)11-8-17-33-28/h4,6-11,13-18,29H,2-3,5,12,19-21H2,1H3,(H,34,37)/b35-25+/t29-/m0/s1. The fraction of sp³-hybridized carbons (Fsp3) is 0.281. The quantitative estimate of drug-likeness (QED) is 0.210. The minimum atomic E-state index is -0.894. The normalized spacial score (nSPS) is 15.8. The van der Waals surface area contributed by atoms with Gasteiger partial charge in [0.05, 0.1) is 17.8 Å². The Balaban J connectivity index is 1.36. The Morgan fingerprint density at radius 1 is 1.07 bits per heavy atom. The number of likely N-dealkylation sites (tertiary alicyclic amines) is 1. The van der Waals surface area contributed by atoms with Crippen molar-refractivity contribution in [2.75, 3.05) is 11.9 Å². The Morgan fingerprint density at radius 3 is 2.73 bits per heavy atom. The fourth-order valence-electron chi connectivity index (χ4n) is 4.82. The number of anilines is 1. The molecule has 0 saturated carbocycles. The molecule has 2 aromatic heterocycles. The van der Waals surface area contributed by atoms with Gasteiger partial charge in [0.15, 0.2) is 0 Å². The fourth-order valence-corrected chi connectivity index (χ4v) is 4.82. The molecule has 0 spiro atoms. The lowest BCUT2D eigenvalue weighted by atomic mass is 10.1. The molecule has 9 nitrogen and oxygen atoms in total. The summed E-state index contributed by atoms with van der Waals surface area (Å²) in [7, 11) is 0. The van der Waals surface area contributed by atoms with E-state index in [1.807, 2.05) is 54.6 Å². The van der Waals surface area contributed by atoms with Crippen molar-refractivity contribution in [1.82, 2.24) is 9.88 Å². The molecule has 0 unspecified atom stereocenters. The van der Waals surface area contributed by atoms with E-state index < -0.39 is 23.5 Å². The van der Waals surface area contributed by atoms with E-state index in [9.17, 15) is 14.4 Å². The minimum Gasteiger partial charge on any atom is -0.427 e. The van der Waals surface area contributed by atoms with Crippen LogP contribution in [0.25, 0.3) is 10.9 Å². The number of rotatable bonds is 10. The maximum absolute atomic E-state index is 13.6. The molecule has 1 aliphatic heterocycles. The van der Waals surface area contributed by atoms with Gasteiger partial charge in [-0.2, -0.15) is 0 Å². The van der Waals surface area contributed by atoms with Crippen LogP contribution in [-0.4, -0.2) is 40.0 Å². The molecule has 0 radical (unpaired) electrons. The number of nitrogens with zero attached hydrogens (tertiary/aromatic N) is 3. The predicted molar refractivity (Wildman–Crippen MR) is 157 cm³/mol. The van der Waals surface area contributed by atoms with E-state index in [-0.39, 0.29) is 25.1 Å². The van der Waals surface area contributed by atoms with Crippen molar-refractivity contribution in [1.29, 1.82) is 0 Å². The Labute approximate surface area is 237 Å². The van der Waals surface area contributed by atoms with Crippen molar-refractivity contribution in [2.24, 2.45) is 5.16 Å². The van der Waals surface area contributed by atoms with Crippen LogP contribution in [0.1, 0.15) is 54.3 Å². The van der Waals surface area contributed by atoms with E-state index in [2.05, 4.69) is 22.4 Å². The third-order valence-electron chi connectivity index (χ3n) is 7.00. The zero-order valence-electron chi connectivity index (χ0n) is 22.9. The second-order valence-electron chi connectivity index (χ2n) is 10.0. The van der Waals surface area contributed by atoms with E-state index >= 15 is 0 Å². The molecule has 4 aromatic rings. The molecule has 1 aliphatic rings. The molecule has 2 aromatic carbocycles. The van der Waals surface area contributed by atoms with Gasteiger partial charge in [-0.05, 0) is 48.4 Å². The molecule has 5 rings (SSSR count). The van der Waals surface area contributed by atoms with Gasteiger partial charge in [0.2, 0.25) is 5.91 Å². The number of amides is 2. The molecule has 0 bridgehead atoms. The van der Waals surface area contributed by atoms with E-state index in [4.69, 9.17) is 9.25 Å². The summed E-state index contributed by atoms with van der Waals surface area (Å²) in [6.45, 7) is 2.40. The van der Waals surface area contributed by atoms with Gasteiger partial charge < -0.3 is 19.5 Å². The van der Waals surface area contributed by atoms with Gasteiger partial charge in [0.1, 0.15) is 24.0 Å². The molecule has 3 heterocycles. The third kappa shape index (κ3) is 6.87. The Morgan fingerprint density at radius 2 is 1.93 bits per heavy atom. The Bertz CT molecular complexity index is 1620. The molecule has 1 N–H and O–H groups in total. The number of fused-ring (bicyclic) bond motifs is 1. The maximum Gasteiger partial charge on any atom is 0.348 e. The van der Waals surface area contributed by atoms with Crippen molar-refractivity contribution < 1.29 is 18.8 Å². The third-order valence-corrected chi connectivity index (χ3v) is 7.00. The van der Waals surface area contributed by atoms with Crippen molar-refractivity contribution in [3.8, 4) is 0 Å². The van der Waals surface area contributed by atoms with Crippen LogP contribution < -0.4 is 10.9 Å². The number of carbonyl (C=O) groups excluding carboxylic acids is 2. The van der Waals surface area contributed by atoms with Crippen LogP contribution in [0.2, 0.25) is 0 Å². The summed E-state index contributed by atoms with van der Waals surface area (Å²) in [6, 6.07) is 21.0. The summed E-state index contributed by atoms with van der Waals surface area (Å²) in [5.74, 6) is -0.441. The summed E-state index contributed by atoms with van der Waals surface area (Å²) in [5, 5.41) is 8.02. The molecular weight excluding hydrogens is 520 g/mol. The van der Waals surface area contributed by atoms with E-state index in [0.29, 0.717) is 23.6 Å². The average molecular weight is 553 g/mol. The van der Waals surface area contributed by atoms with Gasteiger partial charge in [-0.15, -0.1) is 0 Å². The summed E-state index contributed by atoms with van der Waals surface area (Å²) >= 11 is 0. The maximum atomic E-state index is 13.6. The van der Waals surface area contributed by atoms with E-state index in [0.717, 1.165) is 35.7 Å². The highest BCUT2D eigenvalue weighted by Crippen LogP contribution is 2.23. The van der Waals surface area contributed by atoms with Crippen LogP contribution in [0.4, 0.5) is 5.69 Å². The zero-order chi connectivity index (χ0) is 28.6. The van der Waals surface area contributed by atoms with Gasteiger partial charge >= 0.3 is 5.63 Å². The zero-order valence-corrected chi connectivity index (χ0v) is 22.9. The predicted octanol–water partition coefficient (Wildman–Crippen LogP) is 5.35. The molecule has 2 amide bonds. The lowest BCUT2D eigenvalue weighted by molar-refractivity contribution is -0.119. The molecule has 9 heteroatoms. The molecule has 41 heavy (non-hydrogen) atoms. The number of aromatic nitrogens is 1. The first kappa shape index (κ1) is 27.8. The van der Waals surface area contributed by atoms with Gasteiger partial charge in [-0.1, -0.05) is 61.3 Å². The van der Waals surface area contributed by atoms with Crippen LogP contribution in [0.3, 0.4) is 0 Å². The van der Waals surface area contributed by atoms with Crippen molar-refractivity contribution >= 4 is 34.1 Å². The Hall–Kier alpha value is -4.79. The number of carbonyl (C=O) groups is 2. The van der Waals surface area contributed by atoms with E-state index in [1.54, 1.807) is 18.3 Å².